The minimum Gasteiger partial charge on any atom is -0.504 e. The highest BCUT2D eigenvalue weighted by Crippen LogP contribution is 2.28. The number of phenolic OH excluding ortho intramolecular Hbond substituents is 1. The predicted octanol–water partition coefficient (Wildman–Crippen LogP) is 4.21. The van der Waals surface area contributed by atoms with Crippen molar-refractivity contribution in [2.75, 3.05) is 6.61 Å². The van der Waals surface area contributed by atoms with Crippen molar-refractivity contribution >= 4 is 29.6 Å². The molecule has 2 aromatic carbocycles. The van der Waals surface area contributed by atoms with Crippen LogP contribution in [0, 0.1) is 0 Å². The van der Waals surface area contributed by atoms with Gasteiger partial charge < -0.3 is 9.84 Å². The molecule has 26 heavy (non-hydrogen) atoms. The topological polar surface area (TPSA) is 72.5 Å². The zero-order valence-electron chi connectivity index (χ0n) is 14.0. The molecule has 0 unspecified atom stereocenters. The van der Waals surface area contributed by atoms with Crippen LogP contribution in [0.5, 0.6) is 11.5 Å². The second-order valence-electron chi connectivity index (χ2n) is 5.24. The Labute approximate surface area is 160 Å². The van der Waals surface area contributed by atoms with Crippen LogP contribution in [0.2, 0.25) is 5.02 Å². The Morgan fingerprint density at radius 2 is 2.08 bits per heavy atom. The number of aromatic hydroxyl groups is 1. The van der Waals surface area contributed by atoms with Gasteiger partial charge in [-0.25, -0.2) is 0 Å². The molecule has 0 fully saturated rings. The van der Waals surface area contributed by atoms with Gasteiger partial charge in [0.2, 0.25) is 5.16 Å². The van der Waals surface area contributed by atoms with Crippen LogP contribution < -0.4 is 4.74 Å². The van der Waals surface area contributed by atoms with Gasteiger partial charge in [0.1, 0.15) is 6.33 Å². The van der Waals surface area contributed by atoms with Crippen LogP contribution in [0.25, 0.3) is 0 Å². The highest BCUT2D eigenvalue weighted by atomic mass is 35.5. The average molecular weight is 389 g/mol. The summed E-state index contributed by atoms with van der Waals surface area (Å²) in [6.45, 7) is 2.34. The van der Waals surface area contributed by atoms with Gasteiger partial charge in [0.25, 0.3) is 0 Å². The zero-order valence-corrected chi connectivity index (χ0v) is 15.6. The lowest BCUT2D eigenvalue weighted by Crippen LogP contribution is -1.95. The van der Waals surface area contributed by atoms with Crippen molar-refractivity contribution in [2.24, 2.45) is 5.10 Å². The number of phenols is 1. The molecule has 1 heterocycles. The number of thioether (sulfide) groups is 1. The monoisotopic (exact) mass is 388 g/mol. The highest BCUT2D eigenvalue weighted by molar-refractivity contribution is 7.98. The van der Waals surface area contributed by atoms with Gasteiger partial charge >= 0.3 is 0 Å². The maximum atomic E-state index is 10.2. The van der Waals surface area contributed by atoms with Gasteiger partial charge in [-0.2, -0.15) is 9.78 Å². The number of hydrogen-bond donors (Lipinski definition) is 1. The van der Waals surface area contributed by atoms with Crippen LogP contribution >= 0.6 is 23.4 Å². The number of nitrogens with zero attached hydrogens (tertiary/aromatic N) is 4. The third-order valence-corrected chi connectivity index (χ3v) is 4.69. The van der Waals surface area contributed by atoms with E-state index in [2.05, 4.69) is 15.3 Å². The minimum atomic E-state index is 0.0570. The van der Waals surface area contributed by atoms with Gasteiger partial charge in [-0.15, -0.1) is 10.2 Å². The molecule has 0 saturated heterocycles. The summed E-state index contributed by atoms with van der Waals surface area (Å²) < 4.78 is 6.94. The molecule has 0 amide bonds. The molecule has 3 rings (SSSR count). The number of ether oxygens (including phenoxy) is 1. The molecule has 0 aliphatic rings. The van der Waals surface area contributed by atoms with E-state index in [1.54, 1.807) is 29.1 Å². The van der Waals surface area contributed by atoms with Crippen molar-refractivity contribution in [3.05, 3.63) is 64.9 Å². The van der Waals surface area contributed by atoms with Crippen molar-refractivity contribution < 1.29 is 9.84 Å². The SMILES string of the molecule is CCOc1cccc(/C=N/n2cnnc2SCc2ccc(Cl)cc2)c1O. The largest absolute Gasteiger partial charge is 0.504 e. The fourth-order valence-electron chi connectivity index (χ4n) is 2.16. The second kappa shape index (κ2) is 8.73. The smallest absolute Gasteiger partial charge is 0.212 e. The quantitative estimate of drug-likeness (QED) is 0.484. The molecule has 0 radical (unpaired) electrons. The Morgan fingerprint density at radius 1 is 1.27 bits per heavy atom. The first-order valence-electron chi connectivity index (χ1n) is 7.93. The van der Waals surface area contributed by atoms with Crippen LogP contribution in [0.4, 0.5) is 0 Å². The van der Waals surface area contributed by atoms with Crippen molar-refractivity contribution in [1.82, 2.24) is 14.9 Å². The summed E-state index contributed by atoms with van der Waals surface area (Å²) in [5, 5.41) is 23.9. The van der Waals surface area contributed by atoms with E-state index >= 15 is 0 Å². The van der Waals surface area contributed by atoms with Gasteiger partial charge in [-0.1, -0.05) is 41.6 Å². The lowest BCUT2D eigenvalue weighted by molar-refractivity contribution is 0.318. The third-order valence-electron chi connectivity index (χ3n) is 3.43. The first-order valence-corrected chi connectivity index (χ1v) is 9.30. The fourth-order valence-corrected chi connectivity index (χ4v) is 3.11. The van der Waals surface area contributed by atoms with E-state index in [4.69, 9.17) is 16.3 Å². The molecule has 0 spiro atoms. The molecule has 0 bridgehead atoms. The number of halogens is 1. The molecule has 0 atom stereocenters. The van der Waals surface area contributed by atoms with Crippen molar-refractivity contribution in [2.45, 2.75) is 17.8 Å². The molecule has 6 nitrogen and oxygen atoms in total. The molecular weight excluding hydrogens is 372 g/mol. The fraction of sp³-hybridized carbons (Fsp3) is 0.167. The van der Waals surface area contributed by atoms with E-state index in [-0.39, 0.29) is 5.75 Å². The van der Waals surface area contributed by atoms with Crippen LogP contribution in [0.15, 0.2) is 59.0 Å². The first kappa shape index (κ1) is 18.3. The van der Waals surface area contributed by atoms with E-state index in [1.165, 1.54) is 18.1 Å². The summed E-state index contributed by atoms with van der Waals surface area (Å²) in [6, 6.07) is 12.9. The molecule has 134 valence electrons. The van der Waals surface area contributed by atoms with Crippen LogP contribution in [0.1, 0.15) is 18.1 Å². The maximum Gasteiger partial charge on any atom is 0.212 e. The molecule has 0 saturated carbocycles. The van der Waals surface area contributed by atoms with E-state index in [1.807, 2.05) is 31.2 Å². The van der Waals surface area contributed by atoms with Crippen molar-refractivity contribution in [1.29, 1.82) is 0 Å². The second-order valence-corrected chi connectivity index (χ2v) is 6.62. The van der Waals surface area contributed by atoms with Crippen LogP contribution in [0.3, 0.4) is 0 Å². The first-order chi connectivity index (χ1) is 12.7. The summed E-state index contributed by atoms with van der Waals surface area (Å²) >= 11 is 7.41. The van der Waals surface area contributed by atoms with E-state index in [9.17, 15) is 5.11 Å². The molecule has 8 heteroatoms. The van der Waals surface area contributed by atoms with Gasteiger partial charge in [-0.05, 0) is 36.8 Å². The summed E-state index contributed by atoms with van der Waals surface area (Å²) in [7, 11) is 0. The van der Waals surface area contributed by atoms with Crippen LogP contribution in [-0.2, 0) is 5.75 Å². The molecule has 0 aliphatic heterocycles. The molecule has 0 aliphatic carbocycles. The standard InChI is InChI=1S/C18H17ClN4O2S/c1-2-25-16-5-3-4-14(17(16)24)10-21-23-12-20-22-18(23)26-11-13-6-8-15(19)9-7-13/h3-10,12,24H,2,11H2,1H3/b21-10+. The lowest BCUT2D eigenvalue weighted by Gasteiger charge is -2.07. The number of rotatable bonds is 7. The molecule has 1 aromatic heterocycles. The summed E-state index contributed by atoms with van der Waals surface area (Å²) in [5.41, 5.74) is 1.68. The Balaban J connectivity index is 1.71. The molecule has 3 aromatic rings. The Hall–Kier alpha value is -2.51. The van der Waals surface area contributed by atoms with Gasteiger partial charge in [0, 0.05) is 16.3 Å². The maximum absolute atomic E-state index is 10.2. The third kappa shape index (κ3) is 4.56. The molecular formula is C18H17ClN4O2S. The molecule has 1 N–H and O–H groups in total. The number of para-hydroxylation sites is 1. The Morgan fingerprint density at radius 3 is 2.85 bits per heavy atom. The Bertz CT molecular complexity index is 896. The van der Waals surface area contributed by atoms with Gasteiger partial charge in [0.15, 0.2) is 11.5 Å². The van der Waals surface area contributed by atoms with Gasteiger partial charge in [0.05, 0.1) is 12.8 Å². The average Bonchev–Trinajstić information content (AvgIpc) is 3.09. The number of aromatic nitrogens is 3. The summed E-state index contributed by atoms with van der Waals surface area (Å²) in [4.78, 5) is 0. The highest BCUT2D eigenvalue weighted by Gasteiger charge is 2.08. The summed E-state index contributed by atoms with van der Waals surface area (Å²) in [5.74, 6) is 1.20. The normalized spacial score (nSPS) is 11.2. The van der Waals surface area contributed by atoms with E-state index < -0.39 is 0 Å². The minimum absolute atomic E-state index is 0.0570. The zero-order chi connectivity index (χ0) is 18.4. The van der Waals surface area contributed by atoms with E-state index in [0.29, 0.717) is 28.1 Å². The lowest BCUT2D eigenvalue weighted by atomic mass is 10.2. The van der Waals surface area contributed by atoms with Crippen molar-refractivity contribution in [3.63, 3.8) is 0 Å². The van der Waals surface area contributed by atoms with Gasteiger partial charge in [-0.3, -0.25) is 0 Å². The van der Waals surface area contributed by atoms with Crippen molar-refractivity contribution in [3.8, 4) is 11.5 Å². The predicted molar refractivity (Wildman–Crippen MR) is 103 cm³/mol. The van der Waals surface area contributed by atoms with E-state index in [0.717, 1.165) is 11.3 Å². The van der Waals surface area contributed by atoms with Crippen LogP contribution in [-0.4, -0.2) is 32.8 Å². The Kier molecular flexibility index (Phi) is 6.14. The number of hydrogen-bond acceptors (Lipinski definition) is 6. The number of benzene rings is 2. The summed E-state index contributed by atoms with van der Waals surface area (Å²) in [6.07, 6.45) is 3.07.